The van der Waals surface area contributed by atoms with Gasteiger partial charge in [-0.25, -0.2) is 0 Å². The third kappa shape index (κ3) is 5.33. The molecule has 2 heteroatoms. The van der Waals surface area contributed by atoms with Gasteiger partial charge in [0, 0.05) is 18.7 Å². The highest BCUT2D eigenvalue weighted by Gasteiger charge is 1.86. The van der Waals surface area contributed by atoms with Crippen molar-refractivity contribution >= 4 is 15.9 Å². The van der Waals surface area contributed by atoms with Gasteiger partial charge >= 0.3 is 0 Å². The third-order valence-corrected chi connectivity index (χ3v) is 1.85. The van der Waals surface area contributed by atoms with Crippen LogP contribution in [0.1, 0.15) is 12.5 Å². The first-order valence-corrected chi connectivity index (χ1v) is 4.68. The van der Waals surface area contributed by atoms with Crippen LogP contribution >= 0.6 is 15.9 Å². The summed E-state index contributed by atoms with van der Waals surface area (Å²) >= 11 is 3.37. The number of aryl methyl sites for hydroxylation is 1. The van der Waals surface area contributed by atoms with Gasteiger partial charge in [0.25, 0.3) is 0 Å². The summed E-state index contributed by atoms with van der Waals surface area (Å²) in [7, 11) is 3.25. The Labute approximate surface area is 82.9 Å². The Hall–Kier alpha value is -0.340. The average molecular weight is 231 g/mol. The predicted molar refractivity (Wildman–Crippen MR) is 56.5 cm³/mol. The maximum absolute atomic E-state index is 4.25. The van der Waals surface area contributed by atoms with Crippen molar-refractivity contribution in [1.82, 2.24) is 0 Å². The van der Waals surface area contributed by atoms with Crippen molar-refractivity contribution in [3.8, 4) is 0 Å². The van der Waals surface area contributed by atoms with Gasteiger partial charge in [0.05, 0.1) is 0 Å². The zero-order chi connectivity index (χ0) is 9.40. The fraction of sp³-hybridized carbons (Fsp3) is 0.400. The molecule has 0 amide bonds. The van der Waals surface area contributed by atoms with E-state index in [2.05, 4.69) is 51.9 Å². The fourth-order valence-corrected chi connectivity index (χ4v) is 0.984. The first-order valence-electron chi connectivity index (χ1n) is 3.89. The van der Waals surface area contributed by atoms with Crippen LogP contribution in [0.15, 0.2) is 28.7 Å². The zero-order valence-electron chi connectivity index (χ0n) is 7.80. The van der Waals surface area contributed by atoms with Crippen LogP contribution in [0, 0.1) is 0 Å². The van der Waals surface area contributed by atoms with Gasteiger partial charge in [-0.3, -0.25) is 0 Å². The van der Waals surface area contributed by atoms with Gasteiger partial charge in [-0.2, -0.15) is 0 Å². The van der Waals surface area contributed by atoms with Crippen molar-refractivity contribution < 1.29 is 4.74 Å². The quantitative estimate of drug-likeness (QED) is 0.720. The molecule has 1 rings (SSSR count). The lowest BCUT2D eigenvalue weighted by atomic mass is 10.2. The van der Waals surface area contributed by atoms with E-state index in [4.69, 9.17) is 0 Å². The number of halogens is 1. The summed E-state index contributed by atoms with van der Waals surface area (Å²) in [4.78, 5) is 0. The number of hydrogen-bond acceptors (Lipinski definition) is 1. The Morgan fingerprint density at radius 2 is 1.58 bits per heavy atom. The molecule has 0 saturated carbocycles. The van der Waals surface area contributed by atoms with Crippen LogP contribution in [-0.4, -0.2) is 14.2 Å². The largest absolute Gasteiger partial charge is 0.388 e. The molecule has 0 spiro atoms. The van der Waals surface area contributed by atoms with E-state index in [1.165, 1.54) is 5.56 Å². The highest BCUT2D eigenvalue weighted by molar-refractivity contribution is 9.10. The lowest BCUT2D eigenvalue weighted by Gasteiger charge is -1.93. The second-order valence-corrected chi connectivity index (χ2v) is 3.30. The molecule has 0 aromatic heterocycles. The van der Waals surface area contributed by atoms with Crippen molar-refractivity contribution in [2.75, 3.05) is 14.2 Å². The van der Waals surface area contributed by atoms with Gasteiger partial charge in [-0.15, -0.1) is 0 Å². The Kier molecular flexibility index (Phi) is 7.11. The second kappa shape index (κ2) is 7.32. The molecule has 12 heavy (non-hydrogen) atoms. The van der Waals surface area contributed by atoms with Crippen LogP contribution in [0.3, 0.4) is 0 Å². The van der Waals surface area contributed by atoms with E-state index >= 15 is 0 Å². The van der Waals surface area contributed by atoms with Crippen molar-refractivity contribution in [2.24, 2.45) is 0 Å². The summed E-state index contributed by atoms with van der Waals surface area (Å²) < 4.78 is 5.40. The number of benzene rings is 1. The predicted octanol–water partition coefficient (Wildman–Crippen LogP) is 3.27. The molecular formula is C10H15BrO. The standard InChI is InChI=1S/C8H9Br.C2H6O/c1-2-7-3-5-8(9)6-4-7;1-3-2/h3-6H,2H2,1H3;1-2H3. The van der Waals surface area contributed by atoms with Gasteiger partial charge in [-0.1, -0.05) is 35.0 Å². The van der Waals surface area contributed by atoms with Gasteiger partial charge < -0.3 is 4.74 Å². The van der Waals surface area contributed by atoms with E-state index in [-0.39, 0.29) is 0 Å². The van der Waals surface area contributed by atoms with Gasteiger partial charge in [0.1, 0.15) is 0 Å². The van der Waals surface area contributed by atoms with Crippen LogP contribution < -0.4 is 0 Å². The molecule has 0 aliphatic heterocycles. The molecule has 0 atom stereocenters. The molecule has 0 unspecified atom stereocenters. The van der Waals surface area contributed by atoms with Crippen LogP contribution in [-0.2, 0) is 11.2 Å². The van der Waals surface area contributed by atoms with E-state index in [0.29, 0.717) is 0 Å². The SMILES string of the molecule is CCc1ccc(Br)cc1.COC. The van der Waals surface area contributed by atoms with E-state index in [0.717, 1.165) is 10.9 Å². The maximum atomic E-state index is 4.25. The van der Waals surface area contributed by atoms with Crippen LogP contribution in [0.4, 0.5) is 0 Å². The molecule has 0 saturated heterocycles. The number of ether oxygens (including phenoxy) is 1. The molecule has 68 valence electrons. The van der Waals surface area contributed by atoms with E-state index in [1.54, 1.807) is 14.2 Å². The third-order valence-electron chi connectivity index (χ3n) is 1.32. The molecular weight excluding hydrogens is 216 g/mol. The van der Waals surface area contributed by atoms with Crippen LogP contribution in [0.5, 0.6) is 0 Å². The minimum Gasteiger partial charge on any atom is -0.388 e. The minimum atomic E-state index is 1.12. The molecule has 0 aliphatic carbocycles. The second-order valence-electron chi connectivity index (χ2n) is 2.39. The fourth-order valence-electron chi connectivity index (χ4n) is 0.720. The summed E-state index contributed by atoms with van der Waals surface area (Å²) in [6, 6.07) is 8.39. The van der Waals surface area contributed by atoms with E-state index in [1.807, 2.05) is 0 Å². The Balaban J connectivity index is 0.000000354. The molecule has 1 nitrogen and oxygen atoms in total. The molecule has 0 aliphatic rings. The number of hydrogen-bond donors (Lipinski definition) is 0. The molecule has 0 fully saturated rings. The van der Waals surface area contributed by atoms with Crippen LogP contribution in [0.2, 0.25) is 0 Å². The van der Waals surface area contributed by atoms with Gasteiger partial charge in [0.2, 0.25) is 0 Å². The van der Waals surface area contributed by atoms with Crippen molar-refractivity contribution in [2.45, 2.75) is 13.3 Å². The summed E-state index contributed by atoms with van der Waals surface area (Å²) in [6.07, 6.45) is 1.12. The Bertz CT molecular complexity index is 193. The smallest absolute Gasteiger partial charge is 0.0351 e. The normalized spacial score (nSPS) is 8.67. The summed E-state index contributed by atoms with van der Waals surface area (Å²) in [5, 5.41) is 0. The summed E-state index contributed by atoms with van der Waals surface area (Å²) in [6.45, 7) is 2.16. The molecule has 0 heterocycles. The summed E-state index contributed by atoms with van der Waals surface area (Å²) in [5.41, 5.74) is 1.39. The zero-order valence-corrected chi connectivity index (χ0v) is 9.39. The maximum Gasteiger partial charge on any atom is 0.0351 e. The molecule has 1 aromatic carbocycles. The van der Waals surface area contributed by atoms with Crippen molar-refractivity contribution in [3.63, 3.8) is 0 Å². The van der Waals surface area contributed by atoms with Gasteiger partial charge in [0.15, 0.2) is 0 Å². The molecule has 1 aromatic rings. The van der Waals surface area contributed by atoms with Gasteiger partial charge in [-0.05, 0) is 24.1 Å². The van der Waals surface area contributed by atoms with E-state index < -0.39 is 0 Å². The van der Waals surface area contributed by atoms with Crippen molar-refractivity contribution in [1.29, 1.82) is 0 Å². The van der Waals surface area contributed by atoms with Crippen molar-refractivity contribution in [3.05, 3.63) is 34.3 Å². The first kappa shape index (κ1) is 11.7. The topological polar surface area (TPSA) is 9.23 Å². The summed E-state index contributed by atoms with van der Waals surface area (Å²) in [5.74, 6) is 0. The molecule has 0 N–H and O–H groups in total. The molecule has 0 radical (unpaired) electrons. The highest BCUT2D eigenvalue weighted by Crippen LogP contribution is 2.10. The monoisotopic (exact) mass is 230 g/mol. The lowest BCUT2D eigenvalue weighted by Crippen LogP contribution is -1.75. The Morgan fingerprint density at radius 1 is 1.17 bits per heavy atom. The van der Waals surface area contributed by atoms with E-state index in [9.17, 15) is 0 Å². The van der Waals surface area contributed by atoms with Crippen LogP contribution in [0.25, 0.3) is 0 Å². The molecule has 0 bridgehead atoms. The minimum absolute atomic E-state index is 1.12. The first-order chi connectivity index (χ1) is 5.74. The number of rotatable bonds is 1. The average Bonchev–Trinajstić information content (AvgIpc) is 2.07. The lowest BCUT2D eigenvalue weighted by molar-refractivity contribution is 0.277. The Morgan fingerprint density at radius 3 is 1.92 bits per heavy atom. The number of methoxy groups -OCH3 is 1. The highest BCUT2D eigenvalue weighted by atomic mass is 79.9.